The van der Waals surface area contributed by atoms with Crippen molar-refractivity contribution in [3.8, 4) is 5.75 Å². The van der Waals surface area contributed by atoms with Gasteiger partial charge in [0.1, 0.15) is 12.3 Å². The summed E-state index contributed by atoms with van der Waals surface area (Å²) in [4.78, 5) is 54.1. The van der Waals surface area contributed by atoms with Gasteiger partial charge in [-0.1, -0.05) is 24.3 Å². The van der Waals surface area contributed by atoms with E-state index in [9.17, 15) is 19.2 Å². The zero-order valence-corrected chi connectivity index (χ0v) is 20.4. The molecule has 1 aromatic carbocycles. The molecule has 4 aliphatic rings. The number of fused-ring (bicyclic) bond motifs is 2. The summed E-state index contributed by atoms with van der Waals surface area (Å²) in [6.45, 7) is 0.743. The van der Waals surface area contributed by atoms with Crippen LogP contribution in [0.5, 0.6) is 5.75 Å². The predicted molar refractivity (Wildman–Crippen MR) is 129 cm³/mol. The number of allylic oxidation sites excluding steroid dienone is 3. The van der Waals surface area contributed by atoms with Crippen LogP contribution in [0.4, 0.5) is 9.59 Å². The van der Waals surface area contributed by atoms with Crippen molar-refractivity contribution in [1.29, 1.82) is 0 Å². The van der Waals surface area contributed by atoms with Gasteiger partial charge in [0.2, 0.25) is 5.91 Å². The van der Waals surface area contributed by atoms with Crippen molar-refractivity contribution in [2.45, 2.75) is 37.3 Å². The SMILES string of the molecule is CNC(=O)NC1=CC=C2C(CC[C@]23CN(CC(=O)N2CCCC2c2ccccc2OC)C(=O)O3)C1=O. The number of ketones is 1. The number of rotatable bonds is 5. The van der Waals surface area contributed by atoms with Crippen molar-refractivity contribution in [2.75, 3.05) is 33.8 Å². The van der Waals surface area contributed by atoms with E-state index >= 15 is 0 Å². The molecule has 1 saturated carbocycles. The lowest BCUT2D eigenvalue weighted by molar-refractivity contribution is -0.132. The molecule has 2 saturated heterocycles. The smallest absolute Gasteiger partial charge is 0.411 e. The molecular formula is C26H30N4O6. The topological polar surface area (TPSA) is 117 Å². The molecule has 5 rings (SSSR count). The third-order valence-electron chi connectivity index (χ3n) is 7.61. The molecule has 10 heteroatoms. The van der Waals surface area contributed by atoms with Crippen LogP contribution in [0.3, 0.4) is 0 Å². The second-order valence-corrected chi connectivity index (χ2v) is 9.57. The Hall–Kier alpha value is -3.82. The van der Waals surface area contributed by atoms with Crippen LogP contribution >= 0.6 is 0 Å². The number of amides is 4. The quantitative estimate of drug-likeness (QED) is 0.649. The average molecular weight is 495 g/mol. The van der Waals surface area contributed by atoms with E-state index in [4.69, 9.17) is 9.47 Å². The predicted octanol–water partition coefficient (Wildman–Crippen LogP) is 2.28. The van der Waals surface area contributed by atoms with Gasteiger partial charge in [-0.2, -0.15) is 0 Å². The van der Waals surface area contributed by atoms with Crippen molar-refractivity contribution in [3.05, 3.63) is 53.3 Å². The van der Waals surface area contributed by atoms with Gasteiger partial charge in [0.15, 0.2) is 11.4 Å². The lowest BCUT2D eigenvalue weighted by Gasteiger charge is -2.28. The molecule has 4 amide bonds. The number of nitrogens with one attached hydrogen (secondary N) is 2. The van der Waals surface area contributed by atoms with Crippen LogP contribution in [0.15, 0.2) is 47.7 Å². The van der Waals surface area contributed by atoms with Crippen LogP contribution in [-0.4, -0.2) is 73.0 Å². The number of carbonyl (C=O) groups excluding carboxylic acids is 4. The molecule has 3 atom stereocenters. The number of likely N-dealkylation sites (tertiary alicyclic amines) is 1. The summed E-state index contributed by atoms with van der Waals surface area (Å²) in [5, 5.41) is 4.98. The van der Waals surface area contributed by atoms with Gasteiger partial charge in [-0.05, 0) is 43.4 Å². The Labute approximate surface area is 209 Å². The molecule has 2 N–H and O–H groups in total. The Morgan fingerprint density at radius 1 is 1.19 bits per heavy atom. The molecule has 0 bridgehead atoms. The Kier molecular flexibility index (Phi) is 6.19. The summed E-state index contributed by atoms with van der Waals surface area (Å²) in [5.41, 5.74) is 0.975. The van der Waals surface area contributed by atoms with E-state index in [-0.39, 0.29) is 36.5 Å². The lowest BCUT2D eigenvalue weighted by atomic mass is 9.85. The van der Waals surface area contributed by atoms with Crippen molar-refractivity contribution in [2.24, 2.45) is 5.92 Å². The molecule has 190 valence electrons. The maximum atomic E-state index is 13.4. The molecule has 1 aromatic rings. The number of carbonyl (C=O) groups is 4. The molecule has 2 aliphatic heterocycles. The second kappa shape index (κ2) is 9.33. The van der Waals surface area contributed by atoms with Crippen molar-refractivity contribution in [1.82, 2.24) is 20.4 Å². The molecule has 0 aromatic heterocycles. The molecule has 2 heterocycles. The van der Waals surface area contributed by atoms with Crippen molar-refractivity contribution >= 4 is 23.8 Å². The largest absolute Gasteiger partial charge is 0.496 e. The zero-order valence-electron chi connectivity index (χ0n) is 20.4. The number of Topliss-reactive ketones (excluding diaryl/α,β-unsaturated/α-hetero) is 1. The molecule has 10 nitrogen and oxygen atoms in total. The van der Waals surface area contributed by atoms with E-state index in [0.29, 0.717) is 19.4 Å². The molecule has 36 heavy (non-hydrogen) atoms. The van der Waals surface area contributed by atoms with E-state index in [1.54, 1.807) is 19.3 Å². The number of benzene rings is 1. The van der Waals surface area contributed by atoms with Gasteiger partial charge >= 0.3 is 12.1 Å². The van der Waals surface area contributed by atoms with E-state index in [2.05, 4.69) is 10.6 Å². The molecule has 1 spiro atoms. The summed E-state index contributed by atoms with van der Waals surface area (Å²) in [6.07, 6.45) is 5.47. The summed E-state index contributed by atoms with van der Waals surface area (Å²) < 4.78 is 11.3. The van der Waals surface area contributed by atoms with Crippen LogP contribution in [0, 0.1) is 5.92 Å². The van der Waals surface area contributed by atoms with E-state index < -0.39 is 23.6 Å². The van der Waals surface area contributed by atoms with E-state index in [1.807, 2.05) is 29.2 Å². The fraction of sp³-hybridized carbons (Fsp3) is 0.462. The van der Waals surface area contributed by atoms with Crippen LogP contribution in [-0.2, 0) is 14.3 Å². The Bertz CT molecular complexity index is 1180. The fourth-order valence-corrected chi connectivity index (χ4v) is 5.89. The summed E-state index contributed by atoms with van der Waals surface area (Å²) in [6, 6.07) is 7.12. The minimum Gasteiger partial charge on any atom is -0.496 e. The zero-order chi connectivity index (χ0) is 25.4. The van der Waals surface area contributed by atoms with Crippen molar-refractivity contribution in [3.63, 3.8) is 0 Å². The molecule has 3 fully saturated rings. The number of methoxy groups -OCH3 is 1. The van der Waals surface area contributed by atoms with Crippen LogP contribution in [0.1, 0.15) is 37.3 Å². The first-order valence-corrected chi connectivity index (χ1v) is 12.2. The minimum absolute atomic E-state index is 0.0859. The highest BCUT2D eigenvalue weighted by molar-refractivity contribution is 6.03. The number of hydrogen-bond acceptors (Lipinski definition) is 6. The fourth-order valence-electron chi connectivity index (χ4n) is 5.89. The summed E-state index contributed by atoms with van der Waals surface area (Å²) >= 11 is 0. The molecule has 2 unspecified atom stereocenters. The van der Waals surface area contributed by atoms with E-state index in [0.717, 1.165) is 29.7 Å². The number of nitrogens with zero attached hydrogens (tertiary/aromatic N) is 2. The standard InChI is InChI=1S/C26H30N4O6/c1-27-24(33)28-19-10-9-18-16(23(19)32)11-12-26(18)15-29(25(34)36-26)14-22(31)30-13-5-7-20(30)17-6-3-4-8-21(17)35-2/h3-4,6,8-10,16,20H,5,7,11-15H2,1-2H3,(H2,27,28,33)/t16?,20?,26-/m0/s1. The monoisotopic (exact) mass is 494 g/mol. The molecule has 2 aliphatic carbocycles. The number of urea groups is 1. The second-order valence-electron chi connectivity index (χ2n) is 9.57. The van der Waals surface area contributed by atoms with Crippen LogP contribution in [0.25, 0.3) is 0 Å². The number of ether oxygens (including phenoxy) is 2. The molecule has 0 radical (unpaired) electrons. The summed E-state index contributed by atoms with van der Waals surface area (Å²) in [5.74, 6) is -0.0574. The Balaban J connectivity index is 1.30. The number of para-hydroxylation sites is 1. The third kappa shape index (κ3) is 4.00. The first-order valence-electron chi connectivity index (χ1n) is 12.2. The van der Waals surface area contributed by atoms with Crippen LogP contribution in [0.2, 0.25) is 0 Å². The third-order valence-corrected chi connectivity index (χ3v) is 7.61. The van der Waals surface area contributed by atoms with Gasteiger partial charge in [0.05, 0.1) is 25.4 Å². The van der Waals surface area contributed by atoms with Gasteiger partial charge in [-0.15, -0.1) is 0 Å². The maximum absolute atomic E-state index is 13.4. The minimum atomic E-state index is -0.931. The van der Waals surface area contributed by atoms with Gasteiger partial charge in [-0.3, -0.25) is 14.5 Å². The van der Waals surface area contributed by atoms with E-state index in [1.165, 1.54) is 11.9 Å². The van der Waals surface area contributed by atoms with Gasteiger partial charge in [-0.25, -0.2) is 9.59 Å². The summed E-state index contributed by atoms with van der Waals surface area (Å²) in [7, 11) is 3.09. The first kappa shape index (κ1) is 23.9. The maximum Gasteiger partial charge on any atom is 0.411 e. The lowest BCUT2D eigenvalue weighted by Crippen LogP contribution is -2.42. The van der Waals surface area contributed by atoms with Gasteiger partial charge < -0.3 is 25.0 Å². The molecular weight excluding hydrogens is 464 g/mol. The van der Waals surface area contributed by atoms with Crippen LogP contribution < -0.4 is 15.4 Å². The Morgan fingerprint density at radius 2 is 2.00 bits per heavy atom. The highest BCUT2D eigenvalue weighted by atomic mass is 16.6. The average Bonchev–Trinajstić information content (AvgIpc) is 3.59. The van der Waals surface area contributed by atoms with Crippen molar-refractivity contribution < 1.29 is 28.7 Å². The van der Waals surface area contributed by atoms with Gasteiger partial charge in [0.25, 0.3) is 0 Å². The highest BCUT2D eigenvalue weighted by Crippen LogP contribution is 2.48. The first-order chi connectivity index (χ1) is 17.4. The van der Waals surface area contributed by atoms with Gasteiger partial charge in [0, 0.05) is 25.1 Å². The Morgan fingerprint density at radius 3 is 2.78 bits per heavy atom. The number of hydrogen-bond donors (Lipinski definition) is 2. The normalized spacial score (nSPS) is 26.9. The highest BCUT2D eigenvalue weighted by Gasteiger charge is 2.56.